The summed E-state index contributed by atoms with van der Waals surface area (Å²) in [6.45, 7) is -0.452. The van der Waals surface area contributed by atoms with Crippen LogP contribution in [0.25, 0.3) is 6.08 Å². The van der Waals surface area contributed by atoms with E-state index in [4.69, 9.17) is 14.6 Å². The van der Waals surface area contributed by atoms with Crippen LogP contribution in [-0.4, -0.2) is 30.6 Å². The number of hydrogen-bond donors (Lipinski definition) is 1. The van der Waals surface area contributed by atoms with E-state index in [-0.39, 0.29) is 5.76 Å². The topological polar surface area (TPSA) is 76.1 Å². The molecule has 0 spiro atoms. The number of halogens is 1. The van der Waals surface area contributed by atoms with Crippen LogP contribution in [0.15, 0.2) is 52.7 Å². The van der Waals surface area contributed by atoms with Gasteiger partial charge in [-0.25, -0.2) is 0 Å². The average Bonchev–Trinajstić information content (AvgIpc) is 2.58. The number of amides is 1. The average molecular weight is 404 g/mol. The number of benzene rings is 2. The maximum Gasteiger partial charge on any atom is 0.323 e. The van der Waals surface area contributed by atoms with Gasteiger partial charge in [0.1, 0.15) is 12.3 Å². The number of nitrogens with zero attached hydrogens (tertiary/aromatic N) is 1. The molecular formula is C18H14BrNO5. The van der Waals surface area contributed by atoms with Crippen LogP contribution in [0.2, 0.25) is 0 Å². The number of hydrogen-bond acceptors (Lipinski definition) is 4. The highest BCUT2D eigenvalue weighted by molar-refractivity contribution is 9.10. The molecule has 1 aliphatic rings. The van der Waals surface area contributed by atoms with Crippen LogP contribution in [0.5, 0.6) is 11.5 Å². The summed E-state index contributed by atoms with van der Waals surface area (Å²) in [6.07, 6.45) is 1.54. The van der Waals surface area contributed by atoms with Crippen molar-refractivity contribution in [2.45, 2.75) is 0 Å². The molecule has 7 heteroatoms. The Kier molecular flexibility index (Phi) is 4.76. The number of rotatable bonds is 4. The number of carbonyl (C=O) groups excluding carboxylic acids is 1. The molecular weight excluding hydrogens is 390 g/mol. The van der Waals surface area contributed by atoms with Crippen molar-refractivity contribution in [3.63, 3.8) is 0 Å². The van der Waals surface area contributed by atoms with Crippen molar-refractivity contribution in [1.29, 1.82) is 0 Å². The molecule has 0 aromatic heterocycles. The van der Waals surface area contributed by atoms with Gasteiger partial charge in [0.05, 0.1) is 12.8 Å². The summed E-state index contributed by atoms with van der Waals surface area (Å²) in [5.41, 5.74) is 1.06. The van der Waals surface area contributed by atoms with Crippen LogP contribution in [0.4, 0.5) is 5.69 Å². The Morgan fingerprint density at radius 2 is 2.08 bits per heavy atom. The Morgan fingerprint density at radius 1 is 1.32 bits per heavy atom. The quantitative estimate of drug-likeness (QED) is 0.792. The summed E-state index contributed by atoms with van der Waals surface area (Å²) in [7, 11) is 1.53. The van der Waals surface area contributed by atoms with Crippen molar-refractivity contribution in [3.8, 4) is 11.5 Å². The summed E-state index contributed by atoms with van der Waals surface area (Å²) in [6, 6.07) is 12.2. The SMILES string of the molecule is COc1ccc(Br)cc1C=C1Oc2ccccc2N(CC(=O)O)C1=O. The number of carboxylic acid groups (broad SMARTS) is 1. The molecule has 1 N–H and O–H groups in total. The molecule has 128 valence electrons. The fourth-order valence-corrected chi connectivity index (χ4v) is 2.89. The summed E-state index contributed by atoms with van der Waals surface area (Å²) < 4.78 is 11.8. The molecule has 1 aliphatic heterocycles. The summed E-state index contributed by atoms with van der Waals surface area (Å²) in [4.78, 5) is 25.1. The van der Waals surface area contributed by atoms with Gasteiger partial charge in [0, 0.05) is 10.0 Å². The molecule has 0 bridgehead atoms. The van der Waals surface area contributed by atoms with Gasteiger partial charge < -0.3 is 14.6 Å². The molecule has 6 nitrogen and oxygen atoms in total. The normalized spacial score (nSPS) is 14.9. The van der Waals surface area contributed by atoms with Crippen LogP contribution < -0.4 is 14.4 Å². The van der Waals surface area contributed by atoms with Crippen LogP contribution in [0.1, 0.15) is 5.56 Å². The first-order valence-corrected chi connectivity index (χ1v) is 8.14. The molecule has 0 fully saturated rings. The number of carboxylic acids is 1. The van der Waals surface area contributed by atoms with E-state index in [1.165, 1.54) is 18.1 Å². The first kappa shape index (κ1) is 17.0. The van der Waals surface area contributed by atoms with Gasteiger partial charge in [0.15, 0.2) is 11.5 Å². The van der Waals surface area contributed by atoms with E-state index in [9.17, 15) is 9.59 Å². The maximum atomic E-state index is 12.7. The monoisotopic (exact) mass is 403 g/mol. The van der Waals surface area contributed by atoms with Crippen molar-refractivity contribution in [1.82, 2.24) is 0 Å². The number of methoxy groups -OCH3 is 1. The number of aliphatic carboxylic acids is 1. The van der Waals surface area contributed by atoms with Gasteiger partial charge in [-0.15, -0.1) is 0 Å². The van der Waals surface area contributed by atoms with E-state index in [0.717, 1.165) is 4.47 Å². The first-order chi connectivity index (χ1) is 12.0. The van der Waals surface area contributed by atoms with Gasteiger partial charge >= 0.3 is 5.97 Å². The minimum absolute atomic E-state index is 0.0244. The van der Waals surface area contributed by atoms with Crippen molar-refractivity contribution in [2.24, 2.45) is 0 Å². The van der Waals surface area contributed by atoms with Crippen LogP contribution >= 0.6 is 15.9 Å². The smallest absolute Gasteiger partial charge is 0.323 e. The molecule has 0 saturated carbocycles. The van der Waals surface area contributed by atoms with Gasteiger partial charge in [-0.1, -0.05) is 28.1 Å². The molecule has 3 rings (SSSR count). The molecule has 1 amide bonds. The number of anilines is 1. The molecule has 0 unspecified atom stereocenters. The van der Waals surface area contributed by atoms with E-state index in [1.54, 1.807) is 36.4 Å². The van der Waals surface area contributed by atoms with Crippen molar-refractivity contribution in [3.05, 3.63) is 58.3 Å². The lowest BCUT2D eigenvalue weighted by Gasteiger charge is -2.29. The predicted molar refractivity (Wildman–Crippen MR) is 95.7 cm³/mol. The van der Waals surface area contributed by atoms with Gasteiger partial charge in [-0.2, -0.15) is 0 Å². The van der Waals surface area contributed by atoms with Crippen molar-refractivity contribution in [2.75, 3.05) is 18.6 Å². The highest BCUT2D eigenvalue weighted by Gasteiger charge is 2.31. The largest absolute Gasteiger partial charge is 0.496 e. The minimum atomic E-state index is -1.11. The fourth-order valence-electron chi connectivity index (χ4n) is 2.51. The molecule has 2 aromatic carbocycles. The van der Waals surface area contributed by atoms with Crippen molar-refractivity contribution >= 4 is 39.6 Å². The van der Waals surface area contributed by atoms with Crippen LogP contribution in [0.3, 0.4) is 0 Å². The Morgan fingerprint density at radius 3 is 2.80 bits per heavy atom. The van der Waals surface area contributed by atoms with E-state index in [1.807, 2.05) is 6.07 Å². The Balaban J connectivity index is 2.08. The second kappa shape index (κ2) is 6.98. The molecule has 2 aromatic rings. The molecule has 0 saturated heterocycles. The third-order valence-electron chi connectivity index (χ3n) is 3.60. The lowest BCUT2D eigenvalue weighted by atomic mass is 10.1. The predicted octanol–water partition coefficient (Wildman–Crippen LogP) is 3.31. The van der Waals surface area contributed by atoms with E-state index < -0.39 is 18.4 Å². The van der Waals surface area contributed by atoms with Gasteiger partial charge in [0.2, 0.25) is 0 Å². The van der Waals surface area contributed by atoms with Gasteiger partial charge in [0.25, 0.3) is 5.91 Å². The summed E-state index contributed by atoms with van der Waals surface area (Å²) in [5.74, 6) is -0.622. The fraction of sp³-hybridized carbons (Fsp3) is 0.111. The first-order valence-electron chi connectivity index (χ1n) is 7.35. The zero-order valence-electron chi connectivity index (χ0n) is 13.2. The summed E-state index contributed by atoms with van der Waals surface area (Å²) >= 11 is 3.38. The zero-order chi connectivity index (χ0) is 18.0. The lowest BCUT2D eigenvalue weighted by molar-refractivity contribution is -0.136. The van der Waals surface area contributed by atoms with E-state index in [0.29, 0.717) is 22.7 Å². The highest BCUT2D eigenvalue weighted by atomic mass is 79.9. The number of para-hydroxylation sites is 2. The Bertz CT molecular complexity index is 878. The maximum absolute atomic E-state index is 12.7. The van der Waals surface area contributed by atoms with Gasteiger partial charge in [-0.3, -0.25) is 14.5 Å². The third kappa shape index (κ3) is 3.51. The van der Waals surface area contributed by atoms with E-state index >= 15 is 0 Å². The molecule has 25 heavy (non-hydrogen) atoms. The number of fused-ring (bicyclic) bond motifs is 1. The van der Waals surface area contributed by atoms with Crippen LogP contribution in [0, 0.1) is 0 Å². The second-order valence-corrected chi connectivity index (χ2v) is 6.17. The minimum Gasteiger partial charge on any atom is -0.496 e. The second-order valence-electron chi connectivity index (χ2n) is 5.25. The number of carbonyl (C=O) groups is 2. The number of ether oxygens (including phenoxy) is 2. The standard InChI is InChI=1S/C18H14BrNO5/c1-24-14-7-6-12(19)8-11(14)9-16-18(23)20(10-17(21)22)13-4-2-3-5-15(13)25-16/h2-9H,10H2,1H3,(H,21,22). The zero-order valence-corrected chi connectivity index (χ0v) is 14.8. The highest BCUT2D eigenvalue weighted by Crippen LogP contribution is 2.36. The molecule has 1 heterocycles. The Labute approximate surface area is 152 Å². The van der Waals surface area contributed by atoms with Crippen molar-refractivity contribution < 1.29 is 24.2 Å². The van der Waals surface area contributed by atoms with Gasteiger partial charge in [-0.05, 0) is 36.4 Å². The van der Waals surface area contributed by atoms with Crippen LogP contribution in [-0.2, 0) is 9.59 Å². The summed E-state index contributed by atoms with van der Waals surface area (Å²) in [5, 5.41) is 9.12. The molecule has 0 atom stereocenters. The molecule has 0 aliphatic carbocycles. The Hall–Kier alpha value is -2.80. The lowest BCUT2D eigenvalue weighted by Crippen LogP contribution is -2.40. The molecule has 0 radical (unpaired) electrons. The third-order valence-corrected chi connectivity index (χ3v) is 4.10. The van der Waals surface area contributed by atoms with E-state index in [2.05, 4.69) is 15.9 Å².